The molecule has 3 aromatic rings. The van der Waals surface area contributed by atoms with E-state index < -0.39 is 17.6 Å². The number of nitrogens with zero attached hydrogens (tertiary/aromatic N) is 2. The Labute approximate surface area is 134 Å². The van der Waals surface area contributed by atoms with Crippen LogP contribution in [0.3, 0.4) is 0 Å². The van der Waals surface area contributed by atoms with Crippen LogP contribution in [0.5, 0.6) is 5.88 Å². The highest BCUT2D eigenvalue weighted by atomic mass is 19.4. The number of alkyl halides is 3. The predicted molar refractivity (Wildman–Crippen MR) is 79.1 cm³/mol. The molecule has 0 aliphatic heterocycles. The van der Waals surface area contributed by atoms with Gasteiger partial charge in [-0.1, -0.05) is 24.3 Å². The first-order valence-corrected chi connectivity index (χ1v) is 6.80. The van der Waals surface area contributed by atoms with Crippen LogP contribution < -0.4 is 10.3 Å². The minimum atomic E-state index is -4.48. The molecule has 1 N–H and O–H groups in total. The number of para-hydroxylation sites is 1. The Balaban J connectivity index is 1.68. The summed E-state index contributed by atoms with van der Waals surface area (Å²) in [4.78, 5) is 24.5. The minimum Gasteiger partial charge on any atom is -0.359 e. The van der Waals surface area contributed by atoms with Crippen LogP contribution in [0, 0.1) is 0 Å². The Morgan fingerprint density at radius 3 is 2.54 bits per heavy atom. The zero-order chi connectivity index (χ0) is 17.2. The van der Waals surface area contributed by atoms with E-state index in [0.717, 1.165) is 17.5 Å². The summed E-state index contributed by atoms with van der Waals surface area (Å²) < 4.78 is 37.3. The molecule has 0 saturated carbocycles. The van der Waals surface area contributed by atoms with Crippen molar-refractivity contribution in [2.45, 2.75) is 6.18 Å². The smallest absolute Gasteiger partial charge is 0.359 e. The summed E-state index contributed by atoms with van der Waals surface area (Å²) in [5.74, 6) is -0.806. The molecule has 0 saturated heterocycles. The quantitative estimate of drug-likeness (QED) is 0.747. The van der Waals surface area contributed by atoms with E-state index in [1.54, 1.807) is 18.2 Å². The molecule has 122 valence electrons. The van der Waals surface area contributed by atoms with Gasteiger partial charge in [-0.05, 0) is 18.2 Å². The van der Waals surface area contributed by atoms with Crippen LogP contribution in [0.25, 0.3) is 10.9 Å². The molecule has 1 amide bonds. The first kappa shape index (κ1) is 15.7. The van der Waals surface area contributed by atoms with Gasteiger partial charge in [-0.15, -0.1) is 0 Å². The number of carbonyl (C=O) groups excluding carboxylic acids is 1. The van der Waals surface area contributed by atoms with Gasteiger partial charge in [0.05, 0.1) is 11.1 Å². The Morgan fingerprint density at radius 1 is 1.04 bits per heavy atom. The summed E-state index contributed by atoms with van der Waals surface area (Å²) in [6.07, 6.45) is -3.86. The molecular weight excluding hydrogens is 323 g/mol. The summed E-state index contributed by atoms with van der Waals surface area (Å²) in [7, 11) is 0. The van der Waals surface area contributed by atoms with Gasteiger partial charge in [0.25, 0.3) is 0 Å². The van der Waals surface area contributed by atoms with Crippen LogP contribution in [0.15, 0.2) is 54.7 Å². The summed E-state index contributed by atoms with van der Waals surface area (Å²) in [5.41, 5.74) is 1.94. The number of halogens is 3. The Bertz CT molecular complexity index is 880. The number of nitrogens with one attached hydrogen (secondary N) is 1. The molecule has 2 heterocycles. The van der Waals surface area contributed by atoms with E-state index in [2.05, 4.69) is 15.4 Å². The van der Waals surface area contributed by atoms with E-state index in [0.29, 0.717) is 11.7 Å². The van der Waals surface area contributed by atoms with Gasteiger partial charge < -0.3 is 4.84 Å². The maximum absolute atomic E-state index is 12.4. The lowest BCUT2D eigenvalue weighted by Gasteiger charge is -2.08. The van der Waals surface area contributed by atoms with Crippen molar-refractivity contribution in [2.24, 2.45) is 0 Å². The van der Waals surface area contributed by atoms with Gasteiger partial charge in [-0.2, -0.15) is 18.7 Å². The molecule has 3 rings (SSSR count). The highest BCUT2D eigenvalue weighted by Crippen LogP contribution is 2.29. The molecule has 0 spiro atoms. The number of rotatable bonds is 3. The molecular formula is C16H10F3N3O2. The van der Waals surface area contributed by atoms with E-state index in [4.69, 9.17) is 4.84 Å². The van der Waals surface area contributed by atoms with Crippen molar-refractivity contribution in [2.75, 3.05) is 0 Å². The predicted octanol–water partition coefficient (Wildman–Crippen LogP) is 3.37. The van der Waals surface area contributed by atoms with Crippen molar-refractivity contribution in [1.82, 2.24) is 15.4 Å². The lowest BCUT2D eigenvalue weighted by atomic mass is 10.2. The van der Waals surface area contributed by atoms with E-state index in [9.17, 15) is 18.0 Å². The van der Waals surface area contributed by atoms with Crippen LogP contribution in [-0.4, -0.2) is 15.9 Å². The van der Waals surface area contributed by atoms with Crippen LogP contribution in [0.2, 0.25) is 0 Å². The molecule has 2 aromatic heterocycles. The maximum atomic E-state index is 12.4. The number of hydrogen-bond donors (Lipinski definition) is 1. The summed E-state index contributed by atoms with van der Waals surface area (Å²) in [6.45, 7) is 0. The minimum absolute atomic E-state index is 0.112. The van der Waals surface area contributed by atoms with Crippen LogP contribution in [-0.2, 0) is 6.18 Å². The number of pyridine rings is 2. The largest absolute Gasteiger partial charge is 0.417 e. The third-order valence-corrected chi connectivity index (χ3v) is 3.14. The first-order chi connectivity index (χ1) is 11.4. The van der Waals surface area contributed by atoms with Crippen molar-refractivity contribution in [3.8, 4) is 5.88 Å². The van der Waals surface area contributed by atoms with E-state index >= 15 is 0 Å². The fraction of sp³-hybridized carbons (Fsp3) is 0.0625. The lowest BCUT2D eigenvalue weighted by Crippen LogP contribution is -2.28. The van der Waals surface area contributed by atoms with Crippen molar-refractivity contribution in [3.63, 3.8) is 0 Å². The standard InChI is InChI=1S/C16H10F3N3O2/c17-16(18,19)11-6-8-14(20-9-11)24-22-15(23)13-7-5-10-3-1-2-4-12(10)21-13/h1-9H,(H,22,23). The van der Waals surface area contributed by atoms with Crippen molar-refractivity contribution < 1.29 is 22.8 Å². The third kappa shape index (κ3) is 3.43. The average Bonchev–Trinajstić information content (AvgIpc) is 2.59. The number of hydroxylamine groups is 1. The van der Waals surface area contributed by atoms with E-state index in [1.165, 1.54) is 6.07 Å². The molecule has 24 heavy (non-hydrogen) atoms. The van der Waals surface area contributed by atoms with Crippen LogP contribution in [0.4, 0.5) is 13.2 Å². The Kier molecular flexibility index (Phi) is 4.03. The number of hydrogen-bond acceptors (Lipinski definition) is 4. The Morgan fingerprint density at radius 2 is 1.83 bits per heavy atom. The van der Waals surface area contributed by atoms with Gasteiger partial charge in [0, 0.05) is 17.6 Å². The average molecular weight is 333 g/mol. The van der Waals surface area contributed by atoms with Gasteiger partial charge in [-0.3, -0.25) is 4.79 Å². The molecule has 0 radical (unpaired) electrons. The molecule has 0 unspecified atom stereocenters. The SMILES string of the molecule is O=C(NOc1ccc(C(F)(F)F)cn1)c1ccc2ccccc2n1. The highest BCUT2D eigenvalue weighted by Gasteiger charge is 2.30. The summed E-state index contributed by atoms with van der Waals surface area (Å²) >= 11 is 0. The zero-order valence-electron chi connectivity index (χ0n) is 12.0. The second-order valence-corrected chi connectivity index (χ2v) is 4.81. The first-order valence-electron chi connectivity index (χ1n) is 6.80. The van der Waals surface area contributed by atoms with Crippen LogP contribution in [0.1, 0.15) is 16.1 Å². The monoisotopic (exact) mass is 333 g/mol. The number of benzene rings is 1. The molecule has 0 bridgehead atoms. The topological polar surface area (TPSA) is 64.1 Å². The van der Waals surface area contributed by atoms with Crippen LogP contribution >= 0.6 is 0 Å². The van der Waals surface area contributed by atoms with Crippen molar-refractivity contribution >= 4 is 16.8 Å². The summed E-state index contributed by atoms with van der Waals surface area (Å²) in [5, 5.41) is 0.874. The molecule has 0 fully saturated rings. The third-order valence-electron chi connectivity index (χ3n) is 3.14. The lowest BCUT2D eigenvalue weighted by molar-refractivity contribution is -0.137. The number of amides is 1. The van der Waals surface area contributed by atoms with Gasteiger partial charge in [0.2, 0.25) is 5.88 Å². The molecule has 0 aliphatic rings. The van der Waals surface area contributed by atoms with Gasteiger partial charge in [0.15, 0.2) is 0 Å². The van der Waals surface area contributed by atoms with Gasteiger partial charge in [0.1, 0.15) is 5.69 Å². The molecule has 5 nitrogen and oxygen atoms in total. The fourth-order valence-corrected chi connectivity index (χ4v) is 1.95. The Hall–Kier alpha value is -3.16. The maximum Gasteiger partial charge on any atom is 0.417 e. The zero-order valence-corrected chi connectivity index (χ0v) is 12.0. The second kappa shape index (κ2) is 6.15. The van der Waals surface area contributed by atoms with Crippen molar-refractivity contribution in [3.05, 3.63) is 66.0 Å². The van der Waals surface area contributed by atoms with E-state index in [1.807, 2.05) is 12.1 Å². The summed E-state index contributed by atoms with van der Waals surface area (Å²) in [6, 6.07) is 12.3. The normalized spacial score (nSPS) is 11.3. The van der Waals surface area contributed by atoms with E-state index in [-0.39, 0.29) is 11.6 Å². The number of aromatic nitrogens is 2. The molecule has 1 aromatic carbocycles. The second-order valence-electron chi connectivity index (χ2n) is 4.81. The molecule has 0 aliphatic carbocycles. The molecule has 8 heteroatoms. The number of carbonyl (C=O) groups is 1. The van der Waals surface area contributed by atoms with Gasteiger partial charge >= 0.3 is 12.1 Å². The molecule has 0 atom stereocenters. The van der Waals surface area contributed by atoms with Gasteiger partial charge in [-0.25, -0.2) is 9.97 Å². The number of fused-ring (bicyclic) bond motifs is 1. The fourth-order valence-electron chi connectivity index (χ4n) is 1.95. The highest BCUT2D eigenvalue weighted by molar-refractivity contribution is 5.94. The van der Waals surface area contributed by atoms with Crippen molar-refractivity contribution in [1.29, 1.82) is 0 Å².